The van der Waals surface area contributed by atoms with Crippen molar-refractivity contribution in [3.63, 3.8) is 0 Å². The van der Waals surface area contributed by atoms with Gasteiger partial charge in [-0.2, -0.15) is 0 Å². The number of nitroso groups, excluding NO2 is 1. The quantitative estimate of drug-likeness (QED) is 0.720. The molecule has 0 aliphatic carbocycles. The van der Waals surface area contributed by atoms with Crippen LogP contribution in [0.25, 0.3) is 5.65 Å². The van der Waals surface area contributed by atoms with Crippen LogP contribution in [0.1, 0.15) is 19.5 Å². The van der Waals surface area contributed by atoms with Crippen molar-refractivity contribution in [3.05, 3.63) is 35.0 Å². The molecule has 15 heavy (non-hydrogen) atoms. The van der Waals surface area contributed by atoms with Crippen LogP contribution in [0, 0.1) is 10.8 Å². The smallest absolute Gasteiger partial charge is 0.204 e. The predicted octanol–water partition coefficient (Wildman–Crippen LogP) is 2.93. The van der Waals surface area contributed by atoms with Crippen molar-refractivity contribution < 1.29 is 0 Å². The average molecular weight is 203 g/mol. The summed E-state index contributed by atoms with van der Waals surface area (Å²) in [4.78, 5) is 15.2. The van der Waals surface area contributed by atoms with E-state index < -0.39 is 0 Å². The van der Waals surface area contributed by atoms with E-state index in [4.69, 9.17) is 0 Å². The summed E-state index contributed by atoms with van der Waals surface area (Å²) in [7, 11) is 0. The van der Waals surface area contributed by atoms with E-state index in [-0.39, 0.29) is 0 Å². The Morgan fingerprint density at radius 2 is 2.27 bits per heavy atom. The van der Waals surface area contributed by atoms with Gasteiger partial charge in [0, 0.05) is 6.20 Å². The highest BCUT2D eigenvalue weighted by atomic mass is 16.3. The van der Waals surface area contributed by atoms with Crippen molar-refractivity contribution in [2.75, 3.05) is 0 Å². The molecule has 2 aromatic rings. The number of hydrogen-bond acceptors (Lipinski definition) is 3. The van der Waals surface area contributed by atoms with Gasteiger partial charge in [0.25, 0.3) is 0 Å². The molecule has 0 atom stereocenters. The standard InChI is InChI=1S/C11H13N3O/c1-8(2)7-9-11(13-15)14-6-4-3-5-10(14)12-9/h3-6,8H,7H2,1-2H3. The van der Waals surface area contributed by atoms with Crippen molar-refractivity contribution in [1.82, 2.24) is 9.38 Å². The van der Waals surface area contributed by atoms with Crippen LogP contribution in [0.5, 0.6) is 0 Å². The zero-order valence-electron chi connectivity index (χ0n) is 8.84. The first-order valence-corrected chi connectivity index (χ1v) is 5.01. The first-order chi connectivity index (χ1) is 7.22. The number of imidazole rings is 1. The zero-order valence-corrected chi connectivity index (χ0v) is 8.84. The van der Waals surface area contributed by atoms with Gasteiger partial charge in [0.1, 0.15) is 5.65 Å². The van der Waals surface area contributed by atoms with Crippen LogP contribution in [0.4, 0.5) is 5.82 Å². The first kappa shape index (κ1) is 9.83. The zero-order chi connectivity index (χ0) is 10.8. The number of aromatic nitrogens is 2. The Morgan fingerprint density at radius 3 is 2.93 bits per heavy atom. The van der Waals surface area contributed by atoms with Gasteiger partial charge in [-0.3, -0.25) is 4.40 Å². The fourth-order valence-corrected chi connectivity index (χ4v) is 1.65. The number of fused-ring (bicyclic) bond motifs is 1. The van der Waals surface area contributed by atoms with E-state index >= 15 is 0 Å². The molecule has 4 heteroatoms. The third-order valence-corrected chi connectivity index (χ3v) is 2.26. The molecule has 0 fully saturated rings. The number of rotatable bonds is 3. The lowest BCUT2D eigenvalue weighted by Gasteiger charge is -2.00. The van der Waals surface area contributed by atoms with Crippen LogP contribution >= 0.6 is 0 Å². The minimum absolute atomic E-state index is 0.430. The largest absolute Gasteiger partial charge is 0.282 e. The lowest BCUT2D eigenvalue weighted by molar-refractivity contribution is 0.638. The maximum absolute atomic E-state index is 10.8. The topological polar surface area (TPSA) is 46.7 Å². The van der Waals surface area contributed by atoms with E-state index in [9.17, 15) is 4.91 Å². The van der Waals surface area contributed by atoms with Gasteiger partial charge in [-0.15, -0.1) is 4.91 Å². The summed E-state index contributed by atoms with van der Waals surface area (Å²) in [6.07, 6.45) is 2.59. The average Bonchev–Trinajstić information content (AvgIpc) is 2.53. The fraction of sp³-hybridized carbons (Fsp3) is 0.364. The highest BCUT2D eigenvalue weighted by molar-refractivity contribution is 5.51. The second-order valence-electron chi connectivity index (χ2n) is 4.00. The van der Waals surface area contributed by atoms with Crippen molar-refractivity contribution in [3.8, 4) is 0 Å². The van der Waals surface area contributed by atoms with E-state index in [0.29, 0.717) is 11.7 Å². The maximum Gasteiger partial charge on any atom is 0.204 e. The minimum Gasteiger partial charge on any atom is -0.282 e. The SMILES string of the molecule is CC(C)Cc1nc2ccccn2c1N=O. The van der Waals surface area contributed by atoms with Crippen LogP contribution in [0.2, 0.25) is 0 Å². The molecule has 0 saturated carbocycles. The number of pyridine rings is 1. The van der Waals surface area contributed by atoms with Crippen molar-refractivity contribution in [1.29, 1.82) is 0 Å². The van der Waals surface area contributed by atoms with Crippen LogP contribution in [-0.4, -0.2) is 9.38 Å². The van der Waals surface area contributed by atoms with E-state index in [1.807, 2.05) is 24.4 Å². The van der Waals surface area contributed by atoms with Gasteiger partial charge in [0.05, 0.1) is 5.69 Å². The highest BCUT2D eigenvalue weighted by Crippen LogP contribution is 2.23. The van der Waals surface area contributed by atoms with Gasteiger partial charge in [-0.25, -0.2) is 4.98 Å². The summed E-state index contributed by atoms with van der Waals surface area (Å²) in [6.45, 7) is 4.19. The van der Waals surface area contributed by atoms with Gasteiger partial charge in [-0.1, -0.05) is 19.9 Å². The third-order valence-electron chi connectivity index (χ3n) is 2.26. The second-order valence-corrected chi connectivity index (χ2v) is 4.00. The summed E-state index contributed by atoms with van der Waals surface area (Å²) in [5.41, 5.74) is 1.56. The monoisotopic (exact) mass is 203 g/mol. The molecule has 0 bridgehead atoms. The van der Waals surface area contributed by atoms with Gasteiger partial charge in [0.2, 0.25) is 5.82 Å². The molecule has 0 N–H and O–H groups in total. The molecule has 0 aliphatic rings. The molecular formula is C11H13N3O. The first-order valence-electron chi connectivity index (χ1n) is 5.01. The molecule has 0 unspecified atom stereocenters. The molecule has 0 radical (unpaired) electrons. The van der Waals surface area contributed by atoms with Gasteiger partial charge >= 0.3 is 0 Å². The van der Waals surface area contributed by atoms with Crippen LogP contribution in [0.15, 0.2) is 29.6 Å². The minimum atomic E-state index is 0.430. The predicted molar refractivity (Wildman–Crippen MR) is 59.2 cm³/mol. The molecular weight excluding hydrogens is 190 g/mol. The van der Waals surface area contributed by atoms with Crippen molar-refractivity contribution >= 4 is 11.5 Å². The summed E-state index contributed by atoms with van der Waals surface area (Å²) < 4.78 is 1.73. The van der Waals surface area contributed by atoms with Crippen molar-refractivity contribution in [2.45, 2.75) is 20.3 Å². The lowest BCUT2D eigenvalue weighted by atomic mass is 10.1. The second kappa shape index (κ2) is 3.81. The van der Waals surface area contributed by atoms with Gasteiger partial charge in [0.15, 0.2) is 0 Å². The Kier molecular flexibility index (Phi) is 2.49. The molecule has 0 aromatic carbocycles. The summed E-state index contributed by atoms with van der Waals surface area (Å²) in [5.74, 6) is 0.898. The number of nitrogens with zero attached hydrogens (tertiary/aromatic N) is 3. The Morgan fingerprint density at radius 1 is 1.47 bits per heavy atom. The Labute approximate surface area is 87.9 Å². The molecule has 0 aliphatic heterocycles. The van der Waals surface area contributed by atoms with E-state index in [1.165, 1.54) is 0 Å². The van der Waals surface area contributed by atoms with Gasteiger partial charge < -0.3 is 0 Å². The Balaban J connectivity index is 2.58. The molecule has 78 valence electrons. The van der Waals surface area contributed by atoms with E-state index in [1.54, 1.807) is 4.40 Å². The molecule has 2 rings (SSSR count). The van der Waals surface area contributed by atoms with Crippen LogP contribution in [-0.2, 0) is 6.42 Å². The highest BCUT2D eigenvalue weighted by Gasteiger charge is 2.13. The third kappa shape index (κ3) is 1.75. The number of hydrogen-bond donors (Lipinski definition) is 0. The molecule has 0 saturated heterocycles. The van der Waals surface area contributed by atoms with Crippen LogP contribution < -0.4 is 0 Å². The van der Waals surface area contributed by atoms with Crippen molar-refractivity contribution in [2.24, 2.45) is 11.1 Å². The molecule has 2 aromatic heterocycles. The summed E-state index contributed by atoms with van der Waals surface area (Å²) >= 11 is 0. The molecule has 4 nitrogen and oxygen atoms in total. The lowest BCUT2D eigenvalue weighted by Crippen LogP contribution is -1.94. The molecule has 2 heterocycles. The van der Waals surface area contributed by atoms with Gasteiger partial charge in [-0.05, 0) is 29.6 Å². The summed E-state index contributed by atoms with van der Waals surface area (Å²) in [5, 5.41) is 3.06. The summed E-state index contributed by atoms with van der Waals surface area (Å²) in [6, 6.07) is 5.64. The Hall–Kier alpha value is -1.71. The van der Waals surface area contributed by atoms with Crippen LogP contribution in [0.3, 0.4) is 0 Å². The maximum atomic E-state index is 10.8. The molecule has 0 amide bonds. The fourth-order valence-electron chi connectivity index (χ4n) is 1.65. The van der Waals surface area contributed by atoms with E-state index in [0.717, 1.165) is 17.8 Å². The normalized spacial score (nSPS) is 11.1. The van der Waals surface area contributed by atoms with E-state index in [2.05, 4.69) is 24.0 Å². The molecule has 0 spiro atoms. The Bertz CT molecular complexity index is 488.